The van der Waals surface area contributed by atoms with Gasteiger partial charge in [-0.2, -0.15) is 4.31 Å². The minimum atomic E-state index is -3.28. The first kappa shape index (κ1) is 18.2. The topological polar surface area (TPSA) is 92.9 Å². The molecule has 1 aromatic rings. The van der Waals surface area contributed by atoms with E-state index in [0.29, 0.717) is 18.8 Å². The number of benzene rings is 1. The van der Waals surface area contributed by atoms with Crippen molar-refractivity contribution in [1.29, 1.82) is 0 Å². The number of carbonyl (C=O) groups excluding carboxylic acids is 1. The van der Waals surface area contributed by atoms with Gasteiger partial charge in [0, 0.05) is 25.0 Å². The van der Waals surface area contributed by atoms with E-state index in [1.54, 1.807) is 0 Å². The Kier molecular flexibility index (Phi) is 5.61. The zero-order valence-corrected chi connectivity index (χ0v) is 15.0. The Bertz CT molecular complexity index is 681. The van der Waals surface area contributed by atoms with Crippen molar-refractivity contribution >= 4 is 15.9 Å². The summed E-state index contributed by atoms with van der Waals surface area (Å²) in [5.41, 5.74) is 5.35. The molecule has 2 aliphatic rings. The van der Waals surface area contributed by atoms with E-state index < -0.39 is 10.0 Å². The molecule has 138 valence electrons. The quantitative estimate of drug-likeness (QED) is 0.747. The van der Waals surface area contributed by atoms with Crippen LogP contribution in [-0.4, -0.2) is 68.1 Å². The first-order chi connectivity index (χ1) is 12.0. The number of piperidine rings is 1. The second-order valence-corrected chi connectivity index (χ2v) is 8.75. The number of likely N-dealkylation sites (tertiary alicyclic amines) is 1. The molecular formula is C17H25N3O4S. The van der Waals surface area contributed by atoms with Crippen LogP contribution in [0.5, 0.6) is 5.75 Å². The number of primary amides is 1. The van der Waals surface area contributed by atoms with Gasteiger partial charge in [-0.3, -0.25) is 9.69 Å². The van der Waals surface area contributed by atoms with Crippen molar-refractivity contribution in [2.75, 3.05) is 38.5 Å². The second-order valence-electron chi connectivity index (χ2n) is 6.66. The summed E-state index contributed by atoms with van der Waals surface area (Å²) in [4.78, 5) is 13.5. The fourth-order valence-corrected chi connectivity index (χ4v) is 4.69. The molecule has 7 nitrogen and oxygen atoms in total. The molecule has 0 spiro atoms. The van der Waals surface area contributed by atoms with E-state index in [0.717, 1.165) is 25.9 Å². The molecule has 0 unspecified atom stereocenters. The molecule has 2 fully saturated rings. The average molecular weight is 367 g/mol. The van der Waals surface area contributed by atoms with Crippen LogP contribution < -0.4 is 10.5 Å². The van der Waals surface area contributed by atoms with Crippen molar-refractivity contribution in [3.05, 3.63) is 30.3 Å². The molecular weight excluding hydrogens is 342 g/mol. The molecule has 0 aromatic heterocycles. The highest BCUT2D eigenvalue weighted by molar-refractivity contribution is 7.89. The molecule has 2 aliphatic heterocycles. The normalized spacial score (nSPS) is 21.0. The molecule has 0 saturated carbocycles. The summed E-state index contributed by atoms with van der Waals surface area (Å²) >= 11 is 0. The van der Waals surface area contributed by atoms with Gasteiger partial charge in [0.2, 0.25) is 15.9 Å². The van der Waals surface area contributed by atoms with E-state index in [9.17, 15) is 13.2 Å². The van der Waals surface area contributed by atoms with Crippen LogP contribution in [0.15, 0.2) is 30.3 Å². The van der Waals surface area contributed by atoms with Gasteiger partial charge in [-0.25, -0.2) is 8.42 Å². The van der Waals surface area contributed by atoms with Gasteiger partial charge in [0.1, 0.15) is 12.4 Å². The second kappa shape index (κ2) is 7.72. The summed E-state index contributed by atoms with van der Waals surface area (Å²) in [7, 11) is -3.28. The van der Waals surface area contributed by atoms with E-state index in [-0.39, 0.29) is 30.2 Å². The minimum Gasteiger partial charge on any atom is -0.492 e. The monoisotopic (exact) mass is 367 g/mol. The van der Waals surface area contributed by atoms with Gasteiger partial charge >= 0.3 is 0 Å². The third kappa shape index (κ3) is 4.50. The molecule has 1 amide bonds. The van der Waals surface area contributed by atoms with E-state index in [2.05, 4.69) is 4.90 Å². The van der Waals surface area contributed by atoms with Gasteiger partial charge in [0.15, 0.2) is 0 Å². The number of hydrogen-bond donors (Lipinski definition) is 1. The van der Waals surface area contributed by atoms with Crippen molar-refractivity contribution in [2.45, 2.75) is 18.9 Å². The predicted octanol–water partition coefficient (Wildman–Crippen LogP) is 0.277. The Labute approximate surface area is 148 Å². The minimum absolute atomic E-state index is 0.0155. The first-order valence-corrected chi connectivity index (χ1v) is 10.3. The summed E-state index contributed by atoms with van der Waals surface area (Å²) < 4.78 is 31.7. The SMILES string of the molecule is NC(=O)C1CCN(C2CN(S(=O)(=O)CCOc3ccccc3)C2)CC1. The molecule has 2 heterocycles. The van der Waals surface area contributed by atoms with Crippen molar-refractivity contribution < 1.29 is 17.9 Å². The Morgan fingerprint density at radius 2 is 1.80 bits per heavy atom. The lowest BCUT2D eigenvalue weighted by Crippen LogP contribution is -2.62. The molecule has 1 aromatic carbocycles. The van der Waals surface area contributed by atoms with E-state index in [1.807, 2.05) is 30.3 Å². The number of nitrogens with zero attached hydrogens (tertiary/aromatic N) is 2. The third-order valence-corrected chi connectivity index (χ3v) is 6.79. The molecule has 0 aliphatic carbocycles. The van der Waals surface area contributed by atoms with E-state index in [4.69, 9.17) is 10.5 Å². The summed E-state index contributed by atoms with van der Waals surface area (Å²) in [5, 5.41) is 0. The van der Waals surface area contributed by atoms with Gasteiger partial charge < -0.3 is 10.5 Å². The summed E-state index contributed by atoms with van der Waals surface area (Å²) in [6, 6.07) is 9.45. The van der Waals surface area contributed by atoms with Gasteiger partial charge in [0.05, 0.1) is 5.75 Å². The van der Waals surface area contributed by atoms with E-state index in [1.165, 1.54) is 4.31 Å². The Morgan fingerprint density at radius 1 is 1.16 bits per heavy atom. The number of carbonyl (C=O) groups is 1. The smallest absolute Gasteiger partial charge is 0.220 e. The fraction of sp³-hybridized carbons (Fsp3) is 0.588. The highest BCUT2D eigenvalue weighted by Gasteiger charge is 2.40. The molecule has 25 heavy (non-hydrogen) atoms. The van der Waals surface area contributed by atoms with Crippen molar-refractivity contribution in [1.82, 2.24) is 9.21 Å². The van der Waals surface area contributed by atoms with Crippen molar-refractivity contribution in [3.63, 3.8) is 0 Å². The molecule has 2 N–H and O–H groups in total. The highest BCUT2D eigenvalue weighted by Crippen LogP contribution is 2.25. The summed E-state index contributed by atoms with van der Waals surface area (Å²) in [6.45, 7) is 2.81. The first-order valence-electron chi connectivity index (χ1n) is 8.65. The van der Waals surface area contributed by atoms with Crippen LogP contribution >= 0.6 is 0 Å². The Balaban J connectivity index is 1.40. The number of nitrogens with two attached hydrogens (primary N) is 1. The predicted molar refractivity (Wildman–Crippen MR) is 94.6 cm³/mol. The molecule has 0 radical (unpaired) electrons. The lowest BCUT2D eigenvalue weighted by molar-refractivity contribution is -0.123. The zero-order valence-electron chi connectivity index (χ0n) is 14.2. The lowest BCUT2D eigenvalue weighted by atomic mass is 9.94. The average Bonchev–Trinajstić information content (AvgIpc) is 2.54. The number of amides is 1. The Morgan fingerprint density at radius 3 is 2.40 bits per heavy atom. The lowest BCUT2D eigenvalue weighted by Gasteiger charge is -2.46. The molecule has 3 rings (SSSR count). The number of ether oxygens (including phenoxy) is 1. The number of rotatable bonds is 7. The summed E-state index contributed by atoms with van der Waals surface area (Å²) in [5.74, 6) is 0.400. The number of sulfonamides is 1. The van der Waals surface area contributed by atoms with Gasteiger partial charge in [0.25, 0.3) is 0 Å². The van der Waals surface area contributed by atoms with Gasteiger partial charge in [-0.05, 0) is 38.1 Å². The van der Waals surface area contributed by atoms with E-state index >= 15 is 0 Å². The maximum atomic E-state index is 12.3. The van der Waals surface area contributed by atoms with Crippen LogP contribution in [0.1, 0.15) is 12.8 Å². The van der Waals surface area contributed by atoms with Gasteiger partial charge in [-0.1, -0.05) is 18.2 Å². The highest BCUT2D eigenvalue weighted by atomic mass is 32.2. The van der Waals surface area contributed by atoms with Crippen LogP contribution in [-0.2, 0) is 14.8 Å². The molecule has 8 heteroatoms. The largest absolute Gasteiger partial charge is 0.492 e. The fourth-order valence-electron chi connectivity index (χ4n) is 3.33. The van der Waals surface area contributed by atoms with Crippen molar-refractivity contribution in [2.24, 2.45) is 11.7 Å². The maximum Gasteiger partial charge on any atom is 0.220 e. The number of hydrogen-bond acceptors (Lipinski definition) is 5. The van der Waals surface area contributed by atoms with Crippen LogP contribution in [0.2, 0.25) is 0 Å². The molecule has 2 saturated heterocycles. The van der Waals surface area contributed by atoms with Crippen LogP contribution in [0.4, 0.5) is 0 Å². The Hall–Kier alpha value is -1.64. The van der Waals surface area contributed by atoms with Crippen molar-refractivity contribution in [3.8, 4) is 5.75 Å². The third-order valence-electron chi connectivity index (χ3n) is 5.02. The standard InChI is InChI=1S/C17H25N3O4S/c18-17(21)14-6-8-19(9-7-14)15-12-20(13-15)25(22,23)11-10-24-16-4-2-1-3-5-16/h1-5,14-15H,6-13H2,(H2,18,21). The summed E-state index contributed by atoms with van der Waals surface area (Å²) in [6.07, 6.45) is 1.53. The number of para-hydroxylation sites is 1. The maximum absolute atomic E-state index is 12.3. The van der Waals surface area contributed by atoms with Crippen LogP contribution in [0.3, 0.4) is 0 Å². The van der Waals surface area contributed by atoms with Crippen LogP contribution in [0, 0.1) is 5.92 Å². The van der Waals surface area contributed by atoms with Gasteiger partial charge in [-0.15, -0.1) is 0 Å². The molecule has 0 atom stereocenters. The molecule has 0 bridgehead atoms. The van der Waals surface area contributed by atoms with Crippen LogP contribution in [0.25, 0.3) is 0 Å². The zero-order chi connectivity index (χ0) is 17.9.